The molecule has 6 nitrogen and oxygen atoms in total. The Morgan fingerprint density at radius 1 is 1.25 bits per heavy atom. The lowest BCUT2D eigenvalue weighted by Crippen LogP contribution is -2.41. The number of likely N-dealkylation sites (tertiary alicyclic amines) is 1. The first kappa shape index (κ1) is 16.7. The largest absolute Gasteiger partial charge is 0.352 e. The molecule has 2 fully saturated rings. The summed E-state index contributed by atoms with van der Waals surface area (Å²) < 4.78 is 0. The Kier molecular flexibility index (Phi) is 5.02. The van der Waals surface area contributed by atoms with Crippen LogP contribution >= 0.6 is 0 Å². The minimum absolute atomic E-state index is 0.127. The van der Waals surface area contributed by atoms with Gasteiger partial charge in [0.05, 0.1) is 4.92 Å². The van der Waals surface area contributed by atoms with Gasteiger partial charge in [-0.3, -0.25) is 15.1 Å². The van der Waals surface area contributed by atoms with Crippen molar-refractivity contribution >= 4 is 11.6 Å². The van der Waals surface area contributed by atoms with Gasteiger partial charge in [-0.15, -0.1) is 0 Å². The summed E-state index contributed by atoms with van der Waals surface area (Å²) in [5, 5.41) is 14.1. The summed E-state index contributed by atoms with van der Waals surface area (Å²) in [4.78, 5) is 17.1. The van der Waals surface area contributed by atoms with Crippen LogP contribution in [0.3, 0.4) is 0 Å². The summed E-state index contributed by atoms with van der Waals surface area (Å²) in [6, 6.07) is 6.69. The molecule has 130 valence electrons. The monoisotopic (exact) mass is 330 g/mol. The summed E-state index contributed by atoms with van der Waals surface area (Å²) in [5.74, 6) is 0.941. The molecule has 0 bridgehead atoms. The molecule has 0 amide bonds. The number of rotatable bonds is 3. The third-order valence-electron chi connectivity index (χ3n) is 5.46. The van der Waals surface area contributed by atoms with E-state index in [2.05, 4.69) is 15.2 Å². The van der Waals surface area contributed by atoms with Gasteiger partial charge < -0.3 is 10.2 Å². The number of nitrogens with one attached hydrogen (secondary N) is 1. The lowest BCUT2D eigenvalue weighted by Gasteiger charge is -2.33. The number of benzene rings is 1. The van der Waals surface area contributed by atoms with Crippen LogP contribution in [-0.2, 0) is 6.54 Å². The lowest BCUT2D eigenvalue weighted by atomic mass is 9.73. The highest BCUT2D eigenvalue weighted by molar-refractivity contribution is 5.80. The zero-order valence-electron chi connectivity index (χ0n) is 14.3. The van der Waals surface area contributed by atoms with Gasteiger partial charge in [-0.25, -0.2) is 0 Å². The minimum atomic E-state index is -0.371. The summed E-state index contributed by atoms with van der Waals surface area (Å²) >= 11 is 0. The van der Waals surface area contributed by atoms with Crippen molar-refractivity contribution in [2.24, 2.45) is 10.4 Å². The van der Waals surface area contributed by atoms with Gasteiger partial charge in [-0.05, 0) is 30.2 Å². The standard InChI is InChI=1S/C18H26N4O2/c1-19-17(20-13-15-5-7-16(8-6-15)22(23)24)21-12-11-18(14-21)9-3-2-4-10-18/h5-8H,2-4,9-14H2,1H3,(H,19,20). The first-order valence-corrected chi connectivity index (χ1v) is 8.81. The second-order valence-electron chi connectivity index (χ2n) is 7.06. The molecular weight excluding hydrogens is 304 g/mol. The maximum Gasteiger partial charge on any atom is 0.269 e. The van der Waals surface area contributed by atoms with Crippen molar-refractivity contribution in [3.8, 4) is 0 Å². The van der Waals surface area contributed by atoms with Gasteiger partial charge >= 0.3 is 0 Å². The number of nitrogens with zero attached hydrogens (tertiary/aromatic N) is 3. The summed E-state index contributed by atoms with van der Waals surface area (Å²) in [5.41, 5.74) is 1.65. The number of non-ortho nitro benzene ring substituents is 1. The number of aliphatic imine (C=N–C) groups is 1. The highest BCUT2D eigenvalue weighted by atomic mass is 16.6. The Morgan fingerprint density at radius 2 is 1.96 bits per heavy atom. The van der Waals surface area contributed by atoms with E-state index in [4.69, 9.17) is 0 Å². The molecule has 0 unspecified atom stereocenters. The molecule has 1 saturated heterocycles. The first-order valence-electron chi connectivity index (χ1n) is 8.81. The highest BCUT2D eigenvalue weighted by Crippen LogP contribution is 2.43. The molecule has 2 aliphatic rings. The number of guanidine groups is 1. The van der Waals surface area contributed by atoms with Gasteiger partial charge in [-0.2, -0.15) is 0 Å². The van der Waals surface area contributed by atoms with Crippen molar-refractivity contribution in [3.63, 3.8) is 0 Å². The van der Waals surface area contributed by atoms with Crippen LogP contribution in [0.2, 0.25) is 0 Å². The first-order chi connectivity index (χ1) is 11.6. The van der Waals surface area contributed by atoms with E-state index < -0.39 is 0 Å². The quantitative estimate of drug-likeness (QED) is 0.399. The van der Waals surface area contributed by atoms with Crippen LogP contribution in [0.4, 0.5) is 5.69 Å². The van der Waals surface area contributed by atoms with Crippen molar-refractivity contribution in [3.05, 3.63) is 39.9 Å². The third-order valence-corrected chi connectivity index (χ3v) is 5.46. The Bertz CT molecular complexity index is 606. The Morgan fingerprint density at radius 3 is 2.58 bits per heavy atom. The van der Waals surface area contributed by atoms with E-state index >= 15 is 0 Å². The lowest BCUT2D eigenvalue weighted by molar-refractivity contribution is -0.384. The number of nitro groups is 1. The van der Waals surface area contributed by atoms with Gasteiger partial charge in [0, 0.05) is 38.8 Å². The smallest absolute Gasteiger partial charge is 0.269 e. The fourth-order valence-electron chi connectivity index (χ4n) is 4.07. The molecule has 3 rings (SSSR count). The molecule has 0 atom stereocenters. The molecule has 1 aromatic carbocycles. The van der Waals surface area contributed by atoms with Crippen LogP contribution in [0.25, 0.3) is 0 Å². The predicted octanol–water partition coefficient (Wildman–Crippen LogP) is 3.33. The van der Waals surface area contributed by atoms with Crippen LogP contribution in [0.5, 0.6) is 0 Å². The van der Waals surface area contributed by atoms with E-state index in [1.54, 1.807) is 24.3 Å². The van der Waals surface area contributed by atoms with Crippen molar-refractivity contribution < 1.29 is 4.92 Å². The molecule has 1 aliphatic carbocycles. The number of nitro benzene ring substituents is 1. The molecular formula is C18H26N4O2. The second-order valence-corrected chi connectivity index (χ2v) is 7.06. The van der Waals surface area contributed by atoms with E-state index in [9.17, 15) is 10.1 Å². The molecule has 1 heterocycles. The molecule has 24 heavy (non-hydrogen) atoms. The van der Waals surface area contributed by atoms with Crippen molar-refractivity contribution in [2.45, 2.75) is 45.1 Å². The van der Waals surface area contributed by atoms with E-state index in [1.807, 2.05) is 7.05 Å². The number of hydrogen-bond donors (Lipinski definition) is 1. The fourth-order valence-corrected chi connectivity index (χ4v) is 4.07. The average molecular weight is 330 g/mol. The van der Waals surface area contributed by atoms with Crippen molar-refractivity contribution in [1.82, 2.24) is 10.2 Å². The third kappa shape index (κ3) is 3.68. The maximum absolute atomic E-state index is 10.7. The second kappa shape index (κ2) is 7.20. The molecule has 0 radical (unpaired) electrons. The number of hydrogen-bond acceptors (Lipinski definition) is 3. The van der Waals surface area contributed by atoms with Crippen molar-refractivity contribution in [2.75, 3.05) is 20.1 Å². The molecule has 1 saturated carbocycles. The summed E-state index contributed by atoms with van der Waals surface area (Å²) in [6.45, 7) is 2.81. The van der Waals surface area contributed by atoms with E-state index in [0.717, 1.165) is 24.6 Å². The summed E-state index contributed by atoms with van der Waals surface area (Å²) in [6.07, 6.45) is 8.08. The molecule has 1 aromatic rings. The van der Waals surface area contributed by atoms with E-state index in [1.165, 1.54) is 38.5 Å². The van der Waals surface area contributed by atoms with Crippen LogP contribution in [0.15, 0.2) is 29.3 Å². The van der Waals surface area contributed by atoms with Crippen LogP contribution in [0, 0.1) is 15.5 Å². The van der Waals surface area contributed by atoms with Crippen molar-refractivity contribution in [1.29, 1.82) is 0 Å². The Labute approximate surface area is 143 Å². The molecule has 1 spiro atoms. The van der Waals surface area contributed by atoms with Crippen LogP contribution in [0.1, 0.15) is 44.1 Å². The minimum Gasteiger partial charge on any atom is -0.352 e. The van der Waals surface area contributed by atoms with Gasteiger partial charge in [0.25, 0.3) is 5.69 Å². The normalized spacial score (nSPS) is 20.4. The zero-order valence-corrected chi connectivity index (χ0v) is 14.3. The van der Waals surface area contributed by atoms with Crippen LogP contribution in [-0.4, -0.2) is 35.9 Å². The topological polar surface area (TPSA) is 70.8 Å². The van der Waals surface area contributed by atoms with Gasteiger partial charge in [0.15, 0.2) is 5.96 Å². The van der Waals surface area contributed by atoms with Gasteiger partial charge in [-0.1, -0.05) is 31.4 Å². The van der Waals surface area contributed by atoms with E-state index in [-0.39, 0.29) is 10.6 Å². The Hall–Kier alpha value is -2.11. The highest BCUT2D eigenvalue weighted by Gasteiger charge is 2.39. The van der Waals surface area contributed by atoms with Gasteiger partial charge in [0.1, 0.15) is 0 Å². The molecule has 6 heteroatoms. The fraction of sp³-hybridized carbons (Fsp3) is 0.611. The molecule has 0 aromatic heterocycles. The molecule has 1 aliphatic heterocycles. The predicted molar refractivity (Wildman–Crippen MR) is 95.0 cm³/mol. The SMILES string of the molecule is CN=C(NCc1ccc([N+](=O)[O-])cc1)N1CCC2(CCCCC2)C1. The molecule has 1 N–H and O–H groups in total. The average Bonchev–Trinajstić information content (AvgIpc) is 3.00. The Balaban J connectivity index is 1.56. The van der Waals surface area contributed by atoms with Gasteiger partial charge in [0.2, 0.25) is 0 Å². The van der Waals surface area contributed by atoms with E-state index in [0.29, 0.717) is 12.0 Å². The maximum atomic E-state index is 10.7. The summed E-state index contributed by atoms with van der Waals surface area (Å²) in [7, 11) is 1.82. The van der Waals surface area contributed by atoms with Crippen LogP contribution < -0.4 is 5.32 Å². The zero-order chi connectivity index (χ0) is 17.0.